The van der Waals surface area contributed by atoms with Crippen LogP contribution in [-0.2, 0) is 11.3 Å². The van der Waals surface area contributed by atoms with Gasteiger partial charge in [0, 0.05) is 31.1 Å². The fourth-order valence-corrected chi connectivity index (χ4v) is 3.64. The number of rotatable bonds is 9. The number of methoxy groups -OCH3 is 3. The third-order valence-corrected chi connectivity index (χ3v) is 4.82. The Balaban J connectivity index is 1.84. The molecule has 7 heteroatoms. The molecule has 1 atom stereocenters. The zero-order chi connectivity index (χ0) is 17.4. The van der Waals surface area contributed by atoms with Gasteiger partial charge in [0.05, 0.1) is 40.6 Å². The van der Waals surface area contributed by atoms with Crippen LogP contribution in [0.2, 0.25) is 0 Å². The molecule has 0 saturated carbocycles. The Kier molecular flexibility index (Phi) is 7.98. The van der Waals surface area contributed by atoms with Crippen LogP contribution in [0.3, 0.4) is 0 Å². The maximum Gasteiger partial charge on any atom is 0.203 e. The zero-order valence-corrected chi connectivity index (χ0v) is 15.4. The number of hydrogen-bond donors (Lipinski definition) is 1. The molecule has 0 radical (unpaired) electrons. The Morgan fingerprint density at radius 1 is 1.08 bits per heavy atom. The molecule has 0 bridgehead atoms. The van der Waals surface area contributed by atoms with Crippen LogP contribution in [0.25, 0.3) is 0 Å². The van der Waals surface area contributed by atoms with Gasteiger partial charge in [-0.2, -0.15) is 11.8 Å². The summed E-state index contributed by atoms with van der Waals surface area (Å²) in [5, 5.41) is 10.1. The first kappa shape index (κ1) is 19.2. The molecule has 0 spiro atoms. The maximum atomic E-state index is 10.1. The third kappa shape index (κ3) is 5.44. The molecular formula is C17H27NO5S. The lowest BCUT2D eigenvalue weighted by molar-refractivity contribution is 0.0113. The summed E-state index contributed by atoms with van der Waals surface area (Å²) in [5.41, 5.74) is 0.908. The predicted octanol–water partition coefficient (Wildman–Crippen LogP) is 1.64. The summed E-state index contributed by atoms with van der Waals surface area (Å²) in [7, 11) is 4.75. The molecule has 0 amide bonds. The minimum atomic E-state index is -0.477. The second-order valence-corrected chi connectivity index (χ2v) is 6.84. The summed E-state index contributed by atoms with van der Waals surface area (Å²) >= 11 is 1.96. The van der Waals surface area contributed by atoms with E-state index in [9.17, 15) is 5.11 Å². The summed E-state index contributed by atoms with van der Waals surface area (Å²) in [6, 6.07) is 3.71. The van der Waals surface area contributed by atoms with Gasteiger partial charge in [-0.3, -0.25) is 4.90 Å². The highest BCUT2D eigenvalue weighted by atomic mass is 32.2. The second kappa shape index (κ2) is 9.98. The van der Waals surface area contributed by atoms with Crippen molar-refractivity contribution in [3.63, 3.8) is 0 Å². The van der Waals surface area contributed by atoms with Crippen LogP contribution in [0.15, 0.2) is 12.1 Å². The average molecular weight is 357 g/mol. The van der Waals surface area contributed by atoms with E-state index >= 15 is 0 Å². The topological polar surface area (TPSA) is 60.4 Å². The number of nitrogens with zero attached hydrogens (tertiary/aromatic N) is 1. The van der Waals surface area contributed by atoms with E-state index in [0.717, 1.165) is 30.2 Å². The molecule has 1 saturated heterocycles. The molecule has 1 aromatic carbocycles. The first-order valence-corrected chi connectivity index (χ1v) is 9.18. The van der Waals surface area contributed by atoms with Crippen molar-refractivity contribution in [3.8, 4) is 17.2 Å². The molecule has 24 heavy (non-hydrogen) atoms. The molecule has 1 aliphatic heterocycles. The monoisotopic (exact) mass is 357 g/mol. The normalized spacial score (nSPS) is 16.7. The van der Waals surface area contributed by atoms with E-state index in [4.69, 9.17) is 18.9 Å². The summed E-state index contributed by atoms with van der Waals surface area (Å²) in [6.07, 6.45) is -0.477. The molecule has 1 heterocycles. The van der Waals surface area contributed by atoms with Crippen molar-refractivity contribution >= 4 is 11.8 Å². The molecule has 136 valence electrons. The van der Waals surface area contributed by atoms with Crippen LogP contribution in [0.4, 0.5) is 0 Å². The minimum Gasteiger partial charge on any atom is -0.493 e. The fraction of sp³-hybridized carbons (Fsp3) is 0.647. The largest absolute Gasteiger partial charge is 0.493 e. The van der Waals surface area contributed by atoms with E-state index in [1.807, 2.05) is 23.9 Å². The third-order valence-electron chi connectivity index (χ3n) is 3.88. The van der Waals surface area contributed by atoms with Gasteiger partial charge in [0.1, 0.15) is 0 Å². The summed E-state index contributed by atoms with van der Waals surface area (Å²) in [6.45, 7) is 3.42. The quantitative estimate of drug-likeness (QED) is 0.721. The van der Waals surface area contributed by atoms with Crippen LogP contribution >= 0.6 is 11.8 Å². The Labute approximate surface area is 148 Å². The first-order chi connectivity index (χ1) is 11.7. The fourth-order valence-electron chi connectivity index (χ4n) is 2.67. The highest BCUT2D eigenvalue weighted by Crippen LogP contribution is 2.38. The summed E-state index contributed by atoms with van der Waals surface area (Å²) < 4.78 is 21.6. The number of thioether (sulfide) groups is 1. The van der Waals surface area contributed by atoms with Crippen molar-refractivity contribution in [1.82, 2.24) is 4.90 Å². The molecule has 0 aliphatic carbocycles. The Bertz CT molecular complexity index is 483. The van der Waals surface area contributed by atoms with Gasteiger partial charge in [0.25, 0.3) is 0 Å². The van der Waals surface area contributed by atoms with E-state index in [1.165, 1.54) is 0 Å². The van der Waals surface area contributed by atoms with E-state index < -0.39 is 6.10 Å². The zero-order valence-electron chi connectivity index (χ0n) is 14.6. The van der Waals surface area contributed by atoms with E-state index in [0.29, 0.717) is 37.0 Å². The van der Waals surface area contributed by atoms with Gasteiger partial charge in [0.15, 0.2) is 11.5 Å². The molecule has 0 aromatic heterocycles. The van der Waals surface area contributed by atoms with Crippen molar-refractivity contribution in [2.45, 2.75) is 12.7 Å². The van der Waals surface area contributed by atoms with E-state index in [1.54, 1.807) is 21.3 Å². The average Bonchev–Trinajstić information content (AvgIpc) is 2.61. The van der Waals surface area contributed by atoms with E-state index in [2.05, 4.69) is 4.90 Å². The standard InChI is InChI=1S/C17H27NO5S/c1-20-15-8-13(9-16(21-2)17(15)22-3)11-23-12-14(19)10-18-4-6-24-7-5-18/h8-9,14,19H,4-7,10-12H2,1-3H3. The molecule has 6 nitrogen and oxygen atoms in total. The first-order valence-electron chi connectivity index (χ1n) is 8.02. The predicted molar refractivity (Wildman–Crippen MR) is 95.5 cm³/mol. The maximum absolute atomic E-state index is 10.1. The van der Waals surface area contributed by atoms with Crippen LogP contribution < -0.4 is 14.2 Å². The summed E-state index contributed by atoms with van der Waals surface area (Å²) in [5.74, 6) is 4.04. The van der Waals surface area contributed by atoms with Crippen LogP contribution in [0.5, 0.6) is 17.2 Å². The van der Waals surface area contributed by atoms with Crippen LogP contribution in [0.1, 0.15) is 5.56 Å². The number of β-amino-alcohol motifs (C(OH)–C–C–N with tert-alkyl or cyclic N) is 1. The molecule has 1 unspecified atom stereocenters. The minimum absolute atomic E-state index is 0.306. The number of benzene rings is 1. The highest BCUT2D eigenvalue weighted by Gasteiger charge is 2.16. The lowest BCUT2D eigenvalue weighted by Crippen LogP contribution is -2.39. The summed E-state index contributed by atoms with van der Waals surface area (Å²) in [4.78, 5) is 2.28. The van der Waals surface area contributed by atoms with Gasteiger partial charge in [-0.05, 0) is 17.7 Å². The number of hydrogen-bond acceptors (Lipinski definition) is 7. The molecule has 1 aromatic rings. The van der Waals surface area contributed by atoms with Gasteiger partial charge in [0.2, 0.25) is 5.75 Å². The Hall–Kier alpha value is -1.15. The lowest BCUT2D eigenvalue weighted by atomic mass is 10.2. The van der Waals surface area contributed by atoms with Crippen molar-refractivity contribution in [2.75, 3.05) is 59.1 Å². The van der Waals surface area contributed by atoms with Crippen molar-refractivity contribution in [1.29, 1.82) is 0 Å². The van der Waals surface area contributed by atoms with Gasteiger partial charge in [-0.15, -0.1) is 0 Å². The van der Waals surface area contributed by atoms with Crippen molar-refractivity contribution in [2.24, 2.45) is 0 Å². The van der Waals surface area contributed by atoms with Crippen LogP contribution in [-0.4, -0.2) is 75.2 Å². The van der Waals surface area contributed by atoms with Gasteiger partial charge < -0.3 is 24.1 Å². The van der Waals surface area contributed by atoms with Gasteiger partial charge >= 0.3 is 0 Å². The molecule has 1 fully saturated rings. The number of ether oxygens (including phenoxy) is 4. The Morgan fingerprint density at radius 2 is 1.71 bits per heavy atom. The molecule has 2 rings (SSSR count). The SMILES string of the molecule is COc1cc(COCC(O)CN2CCSCC2)cc(OC)c1OC. The lowest BCUT2D eigenvalue weighted by Gasteiger charge is -2.28. The molecular weight excluding hydrogens is 330 g/mol. The van der Waals surface area contributed by atoms with E-state index in [-0.39, 0.29) is 0 Å². The Morgan fingerprint density at radius 3 is 2.25 bits per heavy atom. The van der Waals surface area contributed by atoms with Crippen molar-refractivity contribution in [3.05, 3.63) is 17.7 Å². The molecule has 1 N–H and O–H groups in total. The number of aliphatic hydroxyl groups excluding tert-OH is 1. The van der Waals surface area contributed by atoms with Gasteiger partial charge in [-0.1, -0.05) is 0 Å². The number of aliphatic hydroxyl groups is 1. The van der Waals surface area contributed by atoms with Crippen LogP contribution in [0, 0.1) is 0 Å². The second-order valence-electron chi connectivity index (χ2n) is 5.62. The smallest absolute Gasteiger partial charge is 0.203 e. The van der Waals surface area contributed by atoms with Crippen molar-refractivity contribution < 1.29 is 24.1 Å². The highest BCUT2D eigenvalue weighted by molar-refractivity contribution is 7.99. The molecule has 1 aliphatic rings. The van der Waals surface area contributed by atoms with Gasteiger partial charge in [-0.25, -0.2) is 0 Å².